The molecule has 0 radical (unpaired) electrons. The van der Waals surface area contributed by atoms with Gasteiger partial charge in [0.1, 0.15) is 5.54 Å². The van der Waals surface area contributed by atoms with Crippen LogP contribution in [0.2, 0.25) is 0 Å². The number of carbonyl (C=O) groups is 1. The fourth-order valence-corrected chi connectivity index (χ4v) is 2.59. The number of nitrogens with one attached hydrogen (secondary N) is 2. The summed E-state index contributed by atoms with van der Waals surface area (Å²) in [6.07, 6.45) is 3.70. The highest BCUT2D eigenvalue weighted by atomic mass is 32.1. The Morgan fingerprint density at radius 3 is 3.07 bits per heavy atom. The zero-order valence-electron chi connectivity index (χ0n) is 8.84. The number of carbonyl (C=O) groups excluding carboxylic acids is 1. The van der Waals surface area contributed by atoms with Gasteiger partial charge in [-0.05, 0) is 18.6 Å². The van der Waals surface area contributed by atoms with Gasteiger partial charge in [0, 0.05) is 19.4 Å². The van der Waals surface area contributed by atoms with E-state index in [1.807, 2.05) is 0 Å². The van der Waals surface area contributed by atoms with Crippen molar-refractivity contribution in [3.05, 3.63) is 0 Å². The molecule has 0 aromatic heterocycles. The maximum absolute atomic E-state index is 11.8. The summed E-state index contributed by atoms with van der Waals surface area (Å²) in [6.45, 7) is 2.76. The molecule has 2 aliphatic rings. The van der Waals surface area contributed by atoms with Crippen molar-refractivity contribution >= 4 is 23.2 Å². The number of thiocarbonyl (C=S) groups is 1. The van der Waals surface area contributed by atoms with Crippen molar-refractivity contribution in [3.63, 3.8) is 0 Å². The van der Waals surface area contributed by atoms with Crippen molar-refractivity contribution < 1.29 is 9.53 Å². The predicted molar refractivity (Wildman–Crippen MR) is 60.5 cm³/mol. The zero-order valence-corrected chi connectivity index (χ0v) is 9.65. The van der Waals surface area contributed by atoms with Gasteiger partial charge in [0.05, 0.1) is 6.10 Å². The van der Waals surface area contributed by atoms with Crippen LogP contribution < -0.4 is 10.6 Å². The highest BCUT2D eigenvalue weighted by Crippen LogP contribution is 2.29. The van der Waals surface area contributed by atoms with E-state index in [0.717, 1.165) is 19.3 Å². The lowest BCUT2D eigenvalue weighted by molar-refractivity contribution is -0.130. The monoisotopic (exact) mass is 228 g/mol. The Bertz CT molecular complexity index is 293. The second kappa shape index (κ2) is 4.06. The maximum atomic E-state index is 11.8. The molecule has 2 atom stereocenters. The standard InChI is InChI=1S/C10H16N2O2S/c1-2-3-7-6-10(4-5-14-7)8(13)11-9(15)12-10/h7H,2-6H2,1H3,(H2,11,12,13,15). The van der Waals surface area contributed by atoms with E-state index in [1.54, 1.807) is 0 Å². The van der Waals surface area contributed by atoms with E-state index in [4.69, 9.17) is 17.0 Å². The first-order valence-electron chi connectivity index (χ1n) is 5.41. The first-order valence-corrected chi connectivity index (χ1v) is 5.82. The summed E-state index contributed by atoms with van der Waals surface area (Å²) >= 11 is 4.97. The molecule has 1 amide bonds. The van der Waals surface area contributed by atoms with Crippen molar-refractivity contribution in [2.24, 2.45) is 0 Å². The lowest BCUT2D eigenvalue weighted by Gasteiger charge is -2.35. The molecular formula is C10H16N2O2S. The number of hydrogen-bond acceptors (Lipinski definition) is 3. The van der Waals surface area contributed by atoms with Gasteiger partial charge in [0.2, 0.25) is 0 Å². The molecule has 0 bridgehead atoms. The molecule has 2 N–H and O–H groups in total. The van der Waals surface area contributed by atoms with Gasteiger partial charge >= 0.3 is 0 Å². The average molecular weight is 228 g/mol. The van der Waals surface area contributed by atoms with E-state index in [9.17, 15) is 4.79 Å². The lowest BCUT2D eigenvalue weighted by Crippen LogP contribution is -2.53. The molecule has 15 heavy (non-hydrogen) atoms. The summed E-state index contributed by atoms with van der Waals surface area (Å²) in [7, 11) is 0. The number of amides is 1. The van der Waals surface area contributed by atoms with Crippen LogP contribution in [0.3, 0.4) is 0 Å². The van der Waals surface area contributed by atoms with Crippen LogP contribution in [0.4, 0.5) is 0 Å². The summed E-state index contributed by atoms with van der Waals surface area (Å²) in [5.41, 5.74) is -0.491. The number of rotatable bonds is 2. The molecule has 0 aromatic rings. The van der Waals surface area contributed by atoms with Crippen LogP contribution >= 0.6 is 12.2 Å². The van der Waals surface area contributed by atoms with Crippen molar-refractivity contribution in [1.82, 2.24) is 10.6 Å². The fourth-order valence-electron chi connectivity index (χ4n) is 2.30. The zero-order chi connectivity index (χ0) is 10.9. The molecule has 5 heteroatoms. The molecule has 2 unspecified atom stereocenters. The average Bonchev–Trinajstić information content (AvgIpc) is 2.42. The Morgan fingerprint density at radius 1 is 1.67 bits per heavy atom. The van der Waals surface area contributed by atoms with Crippen LogP contribution in [-0.2, 0) is 9.53 Å². The minimum absolute atomic E-state index is 0.0110. The second-order valence-corrected chi connectivity index (χ2v) is 4.63. The van der Waals surface area contributed by atoms with Gasteiger partial charge in [0.25, 0.3) is 5.91 Å². The summed E-state index contributed by atoms with van der Waals surface area (Å²) in [6, 6.07) is 0. The van der Waals surface area contributed by atoms with Crippen LogP contribution in [0, 0.1) is 0 Å². The van der Waals surface area contributed by atoms with Crippen molar-refractivity contribution in [2.45, 2.75) is 44.2 Å². The van der Waals surface area contributed by atoms with Gasteiger partial charge in [-0.3, -0.25) is 4.79 Å². The smallest absolute Gasteiger partial charge is 0.252 e. The van der Waals surface area contributed by atoms with Gasteiger partial charge in [0.15, 0.2) is 5.11 Å². The number of hydrogen-bond donors (Lipinski definition) is 2. The van der Waals surface area contributed by atoms with Crippen LogP contribution in [0.15, 0.2) is 0 Å². The lowest BCUT2D eigenvalue weighted by atomic mass is 9.85. The van der Waals surface area contributed by atoms with Gasteiger partial charge < -0.3 is 15.4 Å². The quantitative estimate of drug-likeness (QED) is 0.683. The summed E-state index contributed by atoms with van der Waals surface area (Å²) in [4.78, 5) is 11.8. The summed E-state index contributed by atoms with van der Waals surface area (Å²) < 4.78 is 5.63. The normalized spacial score (nSPS) is 35.4. The Labute approximate surface area is 94.7 Å². The van der Waals surface area contributed by atoms with Crippen LogP contribution in [0.5, 0.6) is 0 Å². The third kappa shape index (κ3) is 1.99. The summed E-state index contributed by atoms with van der Waals surface area (Å²) in [5, 5.41) is 6.22. The molecule has 0 saturated carbocycles. The van der Waals surface area contributed by atoms with Gasteiger partial charge in [-0.15, -0.1) is 0 Å². The van der Waals surface area contributed by atoms with Gasteiger partial charge in [-0.2, -0.15) is 0 Å². The highest BCUT2D eigenvalue weighted by Gasteiger charge is 2.47. The minimum Gasteiger partial charge on any atom is -0.378 e. The Hall–Kier alpha value is -0.680. The van der Waals surface area contributed by atoms with E-state index in [-0.39, 0.29) is 12.0 Å². The molecule has 0 aromatic carbocycles. The second-order valence-electron chi connectivity index (χ2n) is 4.23. The third-order valence-corrected chi connectivity index (χ3v) is 3.29. The van der Waals surface area contributed by atoms with Gasteiger partial charge in [-0.25, -0.2) is 0 Å². The fraction of sp³-hybridized carbons (Fsp3) is 0.800. The van der Waals surface area contributed by atoms with Crippen LogP contribution in [-0.4, -0.2) is 29.3 Å². The molecular weight excluding hydrogens is 212 g/mol. The Balaban J connectivity index is 2.08. The van der Waals surface area contributed by atoms with E-state index < -0.39 is 5.54 Å². The molecule has 2 heterocycles. The first-order chi connectivity index (χ1) is 7.16. The van der Waals surface area contributed by atoms with E-state index in [0.29, 0.717) is 18.1 Å². The summed E-state index contributed by atoms with van der Waals surface area (Å²) in [5.74, 6) is 0.0110. The maximum Gasteiger partial charge on any atom is 0.252 e. The highest BCUT2D eigenvalue weighted by molar-refractivity contribution is 7.80. The largest absolute Gasteiger partial charge is 0.378 e. The van der Waals surface area contributed by atoms with Gasteiger partial charge in [-0.1, -0.05) is 13.3 Å². The first kappa shape index (κ1) is 10.8. The predicted octanol–water partition coefficient (Wildman–Crippen LogP) is 0.709. The Morgan fingerprint density at radius 2 is 2.47 bits per heavy atom. The molecule has 84 valence electrons. The molecule has 2 saturated heterocycles. The Kier molecular flexibility index (Phi) is 2.93. The SMILES string of the molecule is CCCC1CC2(CCO1)NC(=S)NC2=O. The molecule has 2 fully saturated rings. The number of ether oxygens (including phenoxy) is 1. The third-order valence-electron chi connectivity index (χ3n) is 3.08. The van der Waals surface area contributed by atoms with Crippen molar-refractivity contribution in [2.75, 3.05) is 6.61 Å². The molecule has 1 spiro atoms. The van der Waals surface area contributed by atoms with E-state index in [2.05, 4.69) is 17.6 Å². The topological polar surface area (TPSA) is 50.4 Å². The molecule has 2 rings (SSSR count). The van der Waals surface area contributed by atoms with Crippen molar-refractivity contribution in [1.29, 1.82) is 0 Å². The molecule has 2 aliphatic heterocycles. The molecule has 0 aliphatic carbocycles. The molecule has 4 nitrogen and oxygen atoms in total. The van der Waals surface area contributed by atoms with E-state index >= 15 is 0 Å². The van der Waals surface area contributed by atoms with Crippen LogP contribution in [0.1, 0.15) is 32.6 Å². The van der Waals surface area contributed by atoms with E-state index in [1.165, 1.54) is 0 Å². The van der Waals surface area contributed by atoms with Crippen LogP contribution in [0.25, 0.3) is 0 Å². The minimum atomic E-state index is -0.491. The van der Waals surface area contributed by atoms with Crippen molar-refractivity contribution in [3.8, 4) is 0 Å².